The minimum absolute atomic E-state index is 0.0390. The summed E-state index contributed by atoms with van der Waals surface area (Å²) in [6.45, 7) is 3.98. The lowest BCUT2D eigenvalue weighted by molar-refractivity contribution is 0.103. The van der Waals surface area contributed by atoms with E-state index in [4.69, 9.17) is 0 Å². The van der Waals surface area contributed by atoms with Gasteiger partial charge < -0.3 is 0 Å². The van der Waals surface area contributed by atoms with E-state index in [1.807, 2.05) is 79.2 Å². The Morgan fingerprint density at radius 1 is 1.00 bits per heavy atom. The van der Waals surface area contributed by atoms with E-state index in [0.29, 0.717) is 5.56 Å². The summed E-state index contributed by atoms with van der Waals surface area (Å²) in [6, 6.07) is 19.3. The Bertz CT molecular complexity index is 789. The molecule has 0 amide bonds. The number of hydrogen-bond donors (Lipinski definition) is 0. The smallest absolute Gasteiger partial charge is 0.196 e. The van der Waals surface area contributed by atoms with Gasteiger partial charge in [-0.25, -0.2) is 4.68 Å². The molecule has 0 aliphatic heterocycles. The summed E-state index contributed by atoms with van der Waals surface area (Å²) in [7, 11) is 0. The Labute approximate surface area is 130 Å². The minimum atomic E-state index is 0.0390. The van der Waals surface area contributed by atoms with Gasteiger partial charge in [0.1, 0.15) is 0 Å². The molecule has 0 atom stereocenters. The molecule has 2 aromatic carbocycles. The van der Waals surface area contributed by atoms with Gasteiger partial charge in [0.15, 0.2) is 5.78 Å². The normalized spacial score (nSPS) is 10.6. The number of carbonyl (C=O) groups is 1. The quantitative estimate of drug-likeness (QED) is 0.681. The van der Waals surface area contributed by atoms with Crippen LogP contribution in [0, 0.1) is 6.92 Å². The zero-order valence-corrected chi connectivity index (χ0v) is 12.8. The fourth-order valence-corrected chi connectivity index (χ4v) is 2.66. The molecule has 3 heteroatoms. The summed E-state index contributed by atoms with van der Waals surface area (Å²) < 4.78 is 1.86. The molecule has 0 saturated carbocycles. The van der Waals surface area contributed by atoms with Crippen molar-refractivity contribution in [1.29, 1.82) is 0 Å². The molecule has 0 bridgehead atoms. The standard InChI is InChI=1S/C19H18N2O/c1-3-17-18(19(22)15-10-6-4-7-11-15)14(2)21(20-17)16-12-8-5-9-13-16/h4-13H,3H2,1-2H3. The maximum Gasteiger partial charge on any atom is 0.196 e. The molecule has 0 unspecified atom stereocenters. The van der Waals surface area contributed by atoms with E-state index in [1.165, 1.54) is 0 Å². The number of para-hydroxylation sites is 1. The van der Waals surface area contributed by atoms with Crippen LogP contribution in [0.15, 0.2) is 60.7 Å². The minimum Gasteiger partial charge on any atom is -0.288 e. The van der Waals surface area contributed by atoms with Crippen molar-refractivity contribution >= 4 is 5.78 Å². The van der Waals surface area contributed by atoms with Gasteiger partial charge in [-0.05, 0) is 25.5 Å². The predicted molar refractivity (Wildman–Crippen MR) is 87.6 cm³/mol. The third kappa shape index (κ3) is 2.46. The summed E-state index contributed by atoms with van der Waals surface area (Å²) in [5.74, 6) is 0.0390. The number of aromatic nitrogens is 2. The first-order chi connectivity index (χ1) is 10.7. The summed E-state index contributed by atoms with van der Waals surface area (Å²) in [6.07, 6.45) is 0.731. The molecule has 0 N–H and O–H groups in total. The van der Waals surface area contributed by atoms with Crippen molar-refractivity contribution in [3.63, 3.8) is 0 Å². The first-order valence-electron chi connectivity index (χ1n) is 7.46. The first-order valence-corrected chi connectivity index (χ1v) is 7.46. The van der Waals surface area contributed by atoms with Gasteiger partial charge in [0.2, 0.25) is 0 Å². The molecule has 1 aromatic heterocycles. The van der Waals surface area contributed by atoms with Gasteiger partial charge in [0.25, 0.3) is 0 Å². The Hall–Kier alpha value is -2.68. The van der Waals surface area contributed by atoms with Crippen molar-refractivity contribution < 1.29 is 4.79 Å². The van der Waals surface area contributed by atoms with Crippen molar-refractivity contribution in [2.45, 2.75) is 20.3 Å². The predicted octanol–water partition coefficient (Wildman–Crippen LogP) is 3.97. The fourth-order valence-electron chi connectivity index (χ4n) is 2.66. The molecule has 0 spiro atoms. The van der Waals surface area contributed by atoms with Gasteiger partial charge in [-0.2, -0.15) is 5.10 Å². The maximum absolute atomic E-state index is 12.8. The fraction of sp³-hybridized carbons (Fsp3) is 0.158. The maximum atomic E-state index is 12.8. The highest BCUT2D eigenvalue weighted by Crippen LogP contribution is 2.22. The van der Waals surface area contributed by atoms with Crippen molar-refractivity contribution in [2.24, 2.45) is 0 Å². The summed E-state index contributed by atoms with van der Waals surface area (Å²) in [4.78, 5) is 12.8. The van der Waals surface area contributed by atoms with E-state index < -0.39 is 0 Å². The number of aryl methyl sites for hydroxylation is 1. The largest absolute Gasteiger partial charge is 0.288 e. The lowest BCUT2D eigenvalue weighted by atomic mass is 10.0. The number of ketones is 1. The summed E-state index contributed by atoms with van der Waals surface area (Å²) in [5, 5.41) is 4.64. The topological polar surface area (TPSA) is 34.9 Å². The Morgan fingerprint density at radius 3 is 2.18 bits per heavy atom. The highest BCUT2D eigenvalue weighted by atomic mass is 16.1. The third-order valence-electron chi connectivity index (χ3n) is 3.79. The lowest BCUT2D eigenvalue weighted by Crippen LogP contribution is -2.05. The Morgan fingerprint density at radius 2 is 1.59 bits per heavy atom. The molecule has 3 nitrogen and oxygen atoms in total. The summed E-state index contributed by atoms with van der Waals surface area (Å²) >= 11 is 0. The number of nitrogens with zero attached hydrogens (tertiary/aromatic N) is 2. The molecular formula is C19H18N2O. The van der Waals surface area contributed by atoms with Crippen LogP contribution in [0.4, 0.5) is 0 Å². The van der Waals surface area contributed by atoms with Gasteiger partial charge in [0, 0.05) is 5.56 Å². The molecule has 3 aromatic rings. The third-order valence-corrected chi connectivity index (χ3v) is 3.79. The van der Waals surface area contributed by atoms with Crippen LogP contribution in [0.25, 0.3) is 5.69 Å². The van der Waals surface area contributed by atoms with Crippen LogP contribution in [0.1, 0.15) is 34.2 Å². The van der Waals surface area contributed by atoms with Crippen LogP contribution in [0.5, 0.6) is 0 Å². The zero-order chi connectivity index (χ0) is 15.5. The van der Waals surface area contributed by atoms with E-state index >= 15 is 0 Å². The van der Waals surface area contributed by atoms with Gasteiger partial charge in [-0.15, -0.1) is 0 Å². The average molecular weight is 290 g/mol. The number of carbonyl (C=O) groups excluding carboxylic acids is 1. The average Bonchev–Trinajstić information content (AvgIpc) is 2.92. The highest BCUT2D eigenvalue weighted by Gasteiger charge is 2.21. The number of hydrogen-bond acceptors (Lipinski definition) is 2. The molecule has 0 aliphatic rings. The van der Waals surface area contributed by atoms with Crippen LogP contribution in [0.3, 0.4) is 0 Å². The van der Waals surface area contributed by atoms with Crippen molar-refractivity contribution in [2.75, 3.05) is 0 Å². The molecule has 0 aliphatic carbocycles. The van der Waals surface area contributed by atoms with Crippen molar-refractivity contribution in [1.82, 2.24) is 9.78 Å². The van der Waals surface area contributed by atoms with Crippen LogP contribution in [-0.2, 0) is 6.42 Å². The summed E-state index contributed by atoms with van der Waals surface area (Å²) in [5.41, 5.74) is 4.12. The van der Waals surface area contributed by atoms with Gasteiger partial charge in [-0.3, -0.25) is 4.79 Å². The van der Waals surface area contributed by atoms with E-state index in [-0.39, 0.29) is 5.78 Å². The van der Waals surface area contributed by atoms with Gasteiger partial charge in [-0.1, -0.05) is 55.5 Å². The van der Waals surface area contributed by atoms with Crippen LogP contribution in [0.2, 0.25) is 0 Å². The molecule has 110 valence electrons. The van der Waals surface area contributed by atoms with E-state index in [2.05, 4.69) is 5.10 Å². The monoisotopic (exact) mass is 290 g/mol. The molecule has 0 saturated heterocycles. The second-order valence-electron chi connectivity index (χ2n) is 5.20. The van der Waals surface area contributed by atoms with Crippen molar-refractivity contribution in [3.05, 3.63) is 83.2 Å². The second kappa shape index (κ2) is 5.98. The molecule has 0 radical (unpaired) electrons. The van der Waals surface area contributed by atoms with Crippen LogP contribution < -0.4 is 0 Å². The van der Waals surface area contributed by atoms with Gasteiger partial charge >= 0.3 is 0 Å². The molecule has 0 fully saturated rings. The Kier molecular flexibility index (Phi) is 3.88. The number of benzene rings is 2. The highest BCUT2D eigenvalue weighted by molar-refractivity contribution is 6.10. The Balaban J connectivity index is 2.13. The SMILES string of the molecule is CCc1nn(-c2ccccc2)c(C)c1C(=O)c1ccccc1. The molecular weight excluding hydrogens is 272 g/mol. The first kappa shape index (κ1) is 14.3. The van der Waals surface area contributed by atoms with E-state index in [9.17, 15) is 4.79 Å². The number of rotatable bonds is 4. The second-order valence-corrected chi connectivity index (χ2v) is 5.20. The van der Waals surface area contributed by atoms with Crippen LogP contribution in [-0.4, -0.2) is 15.6 Å². The molecule has 22 heavy (non-hydrogen) atoms. The van der Waals surface area contributed by atoms with Gasteiger partial charge in [0.05, 0.1) is 22.6 Å². The zero-order valence-electron chi connectivity index (χ0n) is 12.8. The van der Waals surface area contributed by atoms with E-state index in [1.54, 1.807) is 0 Å². The lowest BCUT2D eigenvalue weighted by Gasteiger charge is -2.05. The molecule has 1 heterocycles. The van der Waals surface area contributed by atoms with E-state index in [0.717, 1.165) is 29.1 Å². The molecule has 3 rings (SSSR count). The van der Waals surface area contributed by atoms with Crippen molar-refractivity contribution in [3.8, 4) is 5.69 Å². The van der Waals surface area contributed by atoms with Crippen LogP contribution >= 0.6 is 0 Å².